The Labute approximate surface area is 448 Å². The zero-order valence-electron chi connectivity index (χ0n) is 44.9. The van der Waals surface area contributed by atoms with Crippen LogP contribution < -0.4 is 16.8 Å². The summed E-state index contributed by atoms with van der Waals surface area (Å²) in [5.41, 5.74) is 12.6. The number of phosphoric ester groups is 1. The molecule has 3 amide bonds. The number of aliphatic hydroxyl groups is 7. The molecule has 0 saturated carbocycles. The van der Waals surface area contributed by atoms with E-state index in [9.17, 15) is 69.5 Å². The average Bonchev–Trinajstić information content (AvgIpc) is 3.33. The summed E-state index contributed by atoms with van der Waals surface area (Å²) in [6.45, 7) is 15.5. The van der Waals surface area contributed by atoms with E-state index < -0.39 is 149 Å². The first-order valence-electron chi connectivity index (χ1n) is 25.1. The van der Waals surface area contributed by atoms with E-state index in [0.29, 0.717) is 12.8 Å². The molecule has 3 aliphatic rings. The topological polar surface area (TPSA) is 415 Å². The number of ether oxygens (including phenoxy) is 7. The summed E-state index contributed by atoms with van der Waals surface area (Å²) in [5, 5.41) is 86.6. The maximum Gasteiger partial charge on any atom is 0.474 e. The van der Waals surface area contributed by atoms with Gasteiger partial charge in [0.2, 0.25) is 11.8 Å². The van der Waals surface area contributed by atoms with Gasteiger partial charge in [0.1, 0.15) is 54.4 Å². The lowest BCUT2D eigenvalue weighted by Gasteiger charge is -2.50. The van der Waals surface area contributed by atoms with Gasteiger partial charge in [-0.25, -0.2) is 14.2 Å². The molecule has 0 aromatic heterocycles. The van der Waals surface area contributed by atoms with Gasteiger partial charge in [-0.15, -0.1) is 0 Å². The van der Waals surface area contributed by atoms with E-state index >= 15 is 0 Å². The molecule has 0 aliphatic carbocycles. The number of carbonyl (C=O) groups is 4. The summed E-state index contributed by atoms with van der Waals surface area (Å²) < 4.78 is 62.6. The van der Waals surface area contributed by atoms with Crippen molar-refractivity contribution >= 4 is 31.7 Å². The van der Waals surface area contributed by atoms with Crippen LogP contribution in [-0.2, 0) is 61.2 Å². The molecule has 26 nitrogen and oxygen atoms in total. The second kappa shape index (κ2) is 30.5. The number of aliphatic carboxylic acids is 1. The Bertz CT molecular complexity index is 2150. The molecule has 0 aromatic carbocycles. The molecule has 16 unspecified atom stereocenters. The Morgan fingerprint density at radius 1 is 0.844 bits per heavy atom. The molecular formula is C50H82N3O23P. The predicted octanol–water partition coefficient (Wildman–Crippen LogP) is 0.896. The predicted molar refractivity (Wildman–Crippen MR) is 271 cm³/mol. The van der Waals surface area contributed by atoms with Gasteiger partial charge in [0.25, 0.3) is 0 Å². The Balaban J connectivity index is 1.75. The largest absolute Gasteiger partial charge is 0.479 e. The minimum atomic E-state index is -5.63. The molecule has 17 atom stereocenters. The van der Waals surface area contributed by atoms with Crippen molar-refractivity contribution in [3.8, 4) is 0 Å². The van der Waals surface area contributed by atoms with Crippen molar-refractivity contribution in [1.82, 2.24) is 5.32 Å². The zero-order chi connectivity index (χ0) is 58.2. The van der Waals surface area contributed by atoms with Gasteiger partial charge >= 0.3 is 19.9 Å². The smallest absolute Gasteiger partial charge is 0.474 e. The zero-order valence-corrected chi connectivity index (χ0v) is 45.8. The van der Waals surface area contributed by atoms with E-state index in [1.165, 1.54) is 11.1 Å². The first kappa shape index (κ1) is 67.2. The minimum absolute atomic E-state index is 0.0889. The third kappa shape index (κ3) is 21.2. The quantitative estimate of drug-likeness (QED) is 0.0351. The van der Waals surface area contributed by atoms with E-state index in [4.69, 9.17) is 53.7 Å². The van der Waals surface area contributed by atoms with Crippen LogP contribution in [0.15, 0.2) is 59.3 Å². The number of amides is 3. The number of nitrogens with two attached hydrogens (primary N) is 2. The summed E-state index contributed by atoms with van der Waals surface area (Å²) in [7, 11) is -5.63. The van der Waals surface area contributed by atoms with Crippen LogP contribution in [-0.4, -0.2) is 194 Å². The monoisotopic (exact) mass is 1120 g/mol. The number of hydrogen-bond acceptors (Lipinski definition) is 21. The van der Waals surface area contributed by atoms with Crippen LogP contribution >= 0.6 is 7.82 Å². The second-order valence-corrected chi connectivity index (χ2v) is 22.0. The van der Waals surface area contributed by atoms with Gasteiger partial charge in [0.05, 0.1) is 26.4 Å². The van der Waals surface area contributed by atoms with Gasteiger partial charge in [-0.05, 0) is 85.0 Å². The van der Waals surface area contributed by atoms with E-state index in [2.05, 4.69) is 70.8 Å². The second-order valence-electron chi connectivity index (χ2n) is 20.6. The van der Waals surface area contributed by atoms with Crippen LogP contribution in [0.1, 0.15) is 100 Å². The number of nitrogens with one attached hydrogen (secondary N) is 1. The third-order valence-corrected chi connectivity index (χ3v) is 13.9. The molecule has 0 radical (unpaired) electrons. The molecular weight excluding hydrogens is 1040 g/mol. The summed E-state index contributed by atoms with van der Waals surface area (Å²) in [6, 6.07) is -1.81. The number of carboxylic acids is 1. The van der Waals surface area contributed by atoms with Gasteiger partial charge in [0, 0.05) is 6.92 Å². The van der Waals surface area contributed by atoms with Crippen LogP contribution in [0.2, 0.25) is 0 Å². The number of allylic oxidation sites excluding steroid dienone is 8. The number of primary amides is 2. The molecule has 440 valence electrons. The fourth-order valence-corrected chi connectivity index (χ4v) is 9.13. The van der Waals surface area contributed by atoms with Crippen molar-refractivity contribution in [3.63, 3.8) is 0 Å². The Morgan fingerprint density at radius 2 is 1.47 bits per heavy atom. The molecule has 3 aliphatic heterocycles. The molecule has 77 heavy (non-hydrogen) atoms. The van der Waals surface area contributed by atoms with Gasteiger partial charge in [-0.3, -0.25) is 18.6 Å². The van der Waals surface area contributed by atoms with Gasteiger partial charge < -0.3 is 95.7 Å². The van der Waals surface area contributed by atoms with Crippen molar-refractivity contribution < 1.29 is 112 Å². The summed E-state index contributed by atoms with van der Waals surface area (Å²) in [4.78, 5) is 60.6. The van der Waals surface area contributed by atoms with E-state index in [0.717, 1.165) is 57.1 Å². The van der Waals surface area contributed by atoms with Gasteiger partial charge in [-0.1, -0.05) is 73.1 Å². The maximum atomic E-state index is 13.6. The molecule has 27 heteroatoms. The first-order valence-corrected chi connectivity index (χ1v) is 26.6. The van der Waals surface area contributed by atoms with E-state index in [1.807, 2.05) is 6.92 Å². The Hall–Kier alpha value is -4.03. The third-order valence-electron chi connectivity index (χ3n) is 12.9. The van der Waals surface area contributed by atoms with Crippen molar-refractivity contribution in [2.45, 2.75) is 198 Å². The number of rotatable bonds is 30. The highest BCUT2D eigenvalue weighted by Crippen LogP contribution is 2.49. The standard InChI is InChI=1S/C50H82N3O23P/c1-26(2)13-12-15-27(3)16-17-29(5)18-21-49(7,8)20-11-10-14-28(4)19-22-68-33(44(62)63)25-70-77(66,67)76-47-40(41(75-48(52)64)50(9,65)42(74-47)43(51)61)73-45-34(53-30(6)55)37(58)36(57)32(72-45)24-69-46-39(60)38(59)35(56)31(23-54)71-46/h11,13,16,19-20,31-42,45-47,54,56-60,65H,5,10,12,14-15,17-18,21-25H2,1-4,6-9H3,(H2,51,61)(H2,52,64)(H,53,55)(H,62,63)(H,66,67)/b20-11+,27-16+,28-19-/t31?,32?,33-,34?,35?,36?,37?,38?,39?,40?,41?,42?,45?,46?,47?,50?/m1/s1. The van der Waals surface area contributed by atoms with Crippen molar-refractivity contribution in [2.75, 3.05) is 26.4 Å². The van der Waals surface area contributed by atoms with Gasteiger partial charge in [-0.2, -0.15) is 0 Å². The highest BCUT2D eigenvalue weighted by atomic mass is 31.2. The number of phosphoric acid groups is 1. The molecule has 3 heterocycles. The molecule has 0 spiro atoms. The molecule has 3 saturated heterocycles. The van der Waals surface area contributed by atoms with Crippen LogP contribution in [0.25, 0.3) is 0 Å². The van der Waals surface area contributed by atoms with E-state index in [1.54, 1.807) is 6.08 Å². The number of aliphatic hydroxyl groups excluding tert-OH is 6. The molecule has 14 N–H and O–H groups in total. The average molecular weight is 1120 g/mol. The molecule has 3 rings (SSSR count). The number of hydrogen-bond donors (Lipinski definition) is 12. The lowest BCUT2D eigenvalue weighted by molar-refractivity contribution is -0.358. The number of carboxylic acid groups (broad SMARTS) is 1. The Kier molecular flexibility index (Phi) is 26.7. The normalized spacial score (nSPS) is 32.5. The van der Waals surface area contributed by atoms with Crippen LogP contribution in [0.3, 0.4) is 0 Å². The highest BCUT2D eigenvalue weighted by molar-refractivity contribution is 7.47. The maximum absolute atomic E-state index is 13.6. The van der Waals surface area contributed by atoms with Crippen molar-refractivity contribution in [3.05, 3.63) is 59.3 Å². The fraction of sp³-hybridized carbons (Fsp3) is 0.720. The van der Waals surface area contributed by atoms with Crippen LogP contribution in [0.4, 0.5) is 4.79 Å². The van der Waals surface area contributed by atoms with Crippen molar-refractivity contribution in [1.29, 1.82) is 0 Å². The summed E-state index contributed by atoms with van der Waals surface area (Å²) in [5.74, 6) is -3.93. The van der Waals surface area contributed by atoms with Crippen LogP contribution in [0, 0.1) is 5.41 Å². The SMILES string of the molecule is C=C(C/C=C(\C)CCC=C(C)C)CCC(C)(C)/C=C/CC/C(C)=C\CO[C@H](COP(=O)(O)OC1OC(C(N)=O)C(C)(O)C(OC(N)=O)C1OC1OC(COC2OC(CO)C(O)C(O)C2O)C(O)C(O)C1NC(C)=O)C(=O)O. The Morgan fingerprint density at radius 3 is 2.06 bits per heavy atom. The summed E-state index contributed by atoms with van der Waals surface area (Å²) >= 11 is 0. The lowest BCUT2D eigenvalue weighted by Crippen LogP contribution is -2.72. The van der Waals surface area contributed by atoms with Gasteiger partial charge in [0.15, 0.2) is 43.3 Å². The minimum Gasteiger partial charge on any atom is -0.479 e. The fourth-order valence-electron chi connectivity index (χ4n) is 8.31. The summed E-state index contributed by atoms with van der Waals surface area (Å²) in [6.07, 6.45) is -13.3. The molecule has 0 bridgehead atoms. The first-order chi connectivity index (χ1) is 35.8. The highest BCUT2D eigenvalue weighted by Gasteiger charge is 2.61. The molecule has 0 aromatic rings. The molecule has 3 fully saturated rings. The lowest BCUT2D eigenvalue weighted by atomic mass is 9.85. The number of carbonyl (C=O) groups excluding carboxylic acids is 3. The van der Waals surface area contributed by atoms with Crippen LogP contribution in [0.5, 0.6) is 0 Å². The van der Waals surface area contributed by atoms with Crippen molar-refractivity contribution in [2.24, 2.45) is 16.9 Å². The van der Waals surface area contributed by atoms with E-state index in [-0.39, 0.29) is 12.0 Å².